The van der Waals surface area contributed by atoms with E-state index in [1.807, 2.05) is 0 Å². The second-order valence-electron chi connectivity index (χ2n) is 6.35. The van der Waals surface area contributed by atoms with E-state index < -0.39 is 0 Å². The predicted molar refractivity (Wildman–Crippen MR) is 86.5 cm³/mol. The van der Waals surface area contributed by atoms with E-state index in [4.69, 9.17) is 4.42 Å². The SMILES string of the molecule is CCc1cc(N2CCC(Nc3nnc(C4CC4)o3)CC2)ncn1. The Morgan fingerprint density at radius 3 is 2.74 bits per heavy atom. The van der Waals surface area contributed by atoms with Crippen molar-refractivity contribution in [3.8, 4) is 0 Å². The molecule has 1 saturated carbocycles. The molecule has 2 fully saturated rings. The zero-order chi connectivity index (χ0) is 15.6. The number of rotatable bonds is 5. The summed E-state index contributed by atoms with van der Waals surface area (Å²) >= 11 is 0. The number of nitrogens with zero attached hydrogens (tertiary/aromatic N) is 5. The van der Waals surface area contributed by atoms with Crippen molar-refractivity contribution in [1.82, 2.24) is 20.2 Å². The summed E-state index contributed by atoms with van der Waals surface area (Å²) < 4.78 is 5.68. The average molecular weight is 314 g/mol. The number of anilines is 2. The van der Waals surface area contributed by atoms with Crippen molar-refractivity contribution in [3.05, 3.63) is 24.0 Å². The van der Waals surface area contributed by atoms with Gasteiger partial charge in [0.2, 0.25) is 5.89 Å². The molecule has 2 aromatic rings. The Morgan fingerprint density at radius 1 is 1.17 bits per heavy atom. The lowest BCUT2D eigenvalue weighted by Crippen LogP contribution is -2.39. The van der Waals surface area contributed by atoms with Crippen LogP contribution >= 0.6 is 0 Å². The summed E-state index contributed by atoms with van der Waals surface area (Å²) in [6.07, 6.45) is 7.03. The van der Waals surface area contributed by atoms with E-state index in [-0.39, 0.29) is 0 Å². The molecule has 0 spiro atoms. The van der Waals surface area contributed by atoms with Gasteiger partial charge in [-0.1, -0.05) is 12.0 Å². The highest BCUT2D eigenvalue weighted by atomic mass is 16.4. The van der Waals surface area contributed by atoms with Gasteiger partial charge in [0.15, 0.2) is 0 Å². The van der Waals surface area contributed by atoms with E-state index in [1.54, 1.807) is 6.33 Å². The fourth-order valence-corrected chi connectivity index (χ4v) is 2.97. The van der Waals surface area contributed by atoms with Crippen LogP contribution in [0, 0.1) is 0 Å². The third kappa shape index (κ3) is 3.28. The van der Waals surface area contributed by atoms with Crippen LogP contribution in [-0.4, -0.2) is 39.3 Å². The van der Waals surface area contributed by atoms with Crippen LogP contribution in [0.3, 0.4) is 0 Å². The molecule has 7 nitrogen and oxygen atoms in total. The molecule has 0 unspecified atom stereocenters. The Morgan fingerprint density at radius 2 is 2.00 bits per heavy atom. The molecule has 1 saturated heterocycles. The van der Waals surface area contributed by atoms with Gasteiger partial charge in [-0.2, -0.15) is 0 Å². The van der Waals surface area contributed by atoms with E-state index in [2.05, 4.69) is 43.4 Å². The fraction of sp³-hybridized carbons (Fsp3) is 0.625. The molecule has 0 amide bonds. The maximum atomic E-state index is 5.68. The molecule has 1 aliphatic carbocycles. The van der Waals surface area contributed by atoms with Gasteiger partial charge in [0, 0.05) is 36.8 Å². The standard InChI is InChI=1S/C16H22N6O/c1-2-12-9-14(18-10-17-12)22-7-5-13(6-8-22)19-16-21-20-15(23-16)11-3-4-11/h9-11,13H,2-8H2,1H3,(H,19,21). The summed E-state index contributed by atoms with van der Waals surface area (Å²) in [5.74, 6) is 2.33. The fourth-order valence-electron chi connectivity index (χ4n) is 2.97. The van der Waals surface area contributed by atoms with E-state index >= 15 is 0 Å². The highest BCUT2D eigenvalue weighted by Gasteiger charge is 2.30. The molecule has 2 aromatic heterocycles. The Labute approximate surface area is 135 Å². The van der Waals surface area contributed by atoms with Crippen LogP contribution in [0.4, 0.5) is 11.8 Å². The first-order valence-corrected chi connectivity index (χ1v) is 8.47. The minimum absolute atomic E-state index is 0.381. The quantitative estimate of drug-likeness (QED) is 0.907. The van der Waals surface area contributed by atoms with Crippen LogP contribution in [0.2, 0.25) is 0 Å². The number of hydrogen-bond acceptors (Lipinski definition) is 7. The summed E-state index contributed by atoms with van der Waals surface area (Å²) in [4.78, 5) is 11.0. The lowest BCUT2D eigenvalue weighted by molar-refractivity contribution is 0.474. The van der Waals surface area contributed by atoms with Crippen molar-refractivity contribution < 1.29 is 4.42 Å². The van der Waals surface area contributed by atoms with Gasteiger partial charge in [-0.25, -0.2) is 9.97 Å². The Bertz CT molecular complexity index is 660. The van der Waals surface area contributed by atoms with Gasteiger partial charge in [0.1, 0.15) is 12.1 Å². The van der Waals surface area contributed by atoms with Gasteiger partial charge in [0.25, 0.3) is 0 Å². The van der Waals surface area contributed by atoms with Crippen molar-refractivity contribution in [3.63, 3.8) is 0 Å². The first-order chi connectivity index (χ1) is 11.3. The smallest absolute Gasteiger partial charge is 0.315 e. The van der Waals surface area contributed by atoms with Crippen LogP contribution in [0.1, 0.15) is 50.1 Å². The molecule has 0 aromatic carbocycles. The lowest BCUT2D eigenvalue weighted by Gasteiger charge is -2.32. The molecule has 2 aliphatic rings. The third-order valence-corrected chi connectivity index (χ3v) is 4.59. The second kappa shape index (κ2) is 6.14. The molecular formula is C16H22N6O. The molecule has 23 heavy (non-hydrogen) atoms. The third-order valence-electron chi connectivity index (χ3n) is 4.59. The highest BCUT2D eigenvalue weighted by Crippen LogP contribution is 2.39. The molecule has 7 heteroatoms. The zero-order valence-corrected chi connectivity index (χ0v) is 13.4. The van der Waals surface area contributed by atoms with Crippen molar-refractivity contribution in [2.24, 2.45) is 0 Å². The normalized spacial score (nSPS) is 19.1. The van der Waals surface area contributed by atoms with Crippen molar-refractivity contribution in [2.45, 2.75) is 51.0 Å². The summed E-state index contributed by atoms with van der Waals surface area (Å²) in [6.45, 7) is 4.06. The van der Waals surface area contributed by atoms with E-state index in [9.17, 15) is 0 Å². The molecule has 1 aliphatic heterocycles. The maximum Gasteiger partial charge on any atom is 0.315 e. The molecule has 1 N–H and O–H groups in total. The van der Waals surface area contributed by atoms with Crippen molar-refractivity contribution >= 4 is 11.8 Å². The van der Waals surface area contributed by atoms with E-state index in [0.717, 1.165) is 49.8 Å². The van der Waals surface area contributed by atoms with Crippen LogP contribution in [0.5, 0.6) is 0 Å². The van der Waals surface area contributed by atoms with Crippen LogP contribution in [-0.2, 0) is 6.42 Å². The predicted octanol–water partition coefficient (Wildman–Crippen LogP) is 2.38. The van der Waals surface area contributed by atoms with E-state index in [1.165, 1.54) is 12.8 Å². The second-order valence-corrected chi connectivity index (χ2v) is 6.35. The van der Waals surface area contributed by atoms with Gasteiger partial charge >= 0.3 is 6.01 Å². The Kier molecular flexibility index (Phi) is 3.85. The molecule has 0 bridgehead atoms. The number of aromatic nitrogens is 4. The summed E-state index contributed by atoms with van der Waals surface area (Å²) in [7, 11) is 0. The first-order valence-electron chi connectivity index (χ1n) is 8.47. The molecule has 4 rings (SSSR count). The van der Waals surface area contributed by atoms with Gasteiger partial charge in [-0.15, -0.1) is 5.10 Å². The maximum absolute atomic E-state index is 5.68. The summed E-state index contributed by atoms with van der Waals surface area (Å²) in [5, 5.41) is 11.6. The molecule has 0 atom stereocenters. The minimum atomic E-state index is 0.381. The number of hydrogen-bond donors (Lipinski definition) is 1. The monoisotopic (exact) mass is 314 g/mol. The van der Waals surface area contributed by atoms with Gasteiger partial charge in [-0.05, 0) is 32.1 Å². The Hall–Kier alpha value is -2.18. The van der Waals surface area contributed by atoms with Crippen LogP contribution in [0.25, 0.3) is 0 Å². The van der Waals surface area contributed by atoms with Crippen LogP contribution in [0.15, 0.2) is 16.8 Å². The lowest BCUT2D eigenvalue weighted by atomic mass is 10.1. The number of piperidine rings is 1. The van der Waals surface area contributed by atoms with Crippen molar-refractivity contribution in [2.75, 3.05) is 23.3 Å². The highest BCUT2D eigenvalue weighted by molar-refractivity contribution is 5.40. The summed E-state index contributed by atoms with van der Waals surface area (Å²) in [6, 6.07) is 3.04. The minimum Gasteiger partial charge on any atom is -0.408 e. The first kappa shape index (κ1) is 14.4. The zero-order valence-electron chi connectivity index (χ0n) is 13.4. The molecular weight excluding hydrogens is 292 g/mol. The largest absolute Gasteiger partial charge is 0.408 e. The van der Waals surface area contributed by atoms with Gasteiger partial charge in [-0.3, -0.25) is 0 Å². The average Bonchev–Trinajstić information content (AvgIpc) is 3.35. The Balaban J connectivity index is 1.32. The van der Waals surface area contributed by atoms with Crippen molar-refractivity contribution in [1.29, 1.82) is 0 Å². The summed E-state index contributed by atoms with van der Waals surface area (Å²) in [5.41, 5.74) is 1.09. The van der Waals surface area contributed by atoms with E-state index in [0.29, 0.717) is 18.0 Å². The number of nitrogens with one attached hydrogen (secondary N) is 1. The number of aryl methyl sites for hydroxylation is 1. The topological polar surface area (TPSA) is 80.0 Å². The molecule has 3 heterocycles. The molecule has 122 valence electrons. The van der Waals surface area contributed by atoms with Gasteiger partial charge < -0.3 is 14.6 Å². The van der Waals surface area contributed by atoms with Gasteiger partial charge in [0.05, 0.1) is 0 Å². The molecule has 0 radical (unpaired) electrons. The van der Waals surface area contributed by atoms with Crippen LogP contribution < -0.4 is 10.2 Å².